The minimum atomic E-state index is -3.69. The number of methoxy groups -OCH3 is 1. The number of ether oxygens (including phenoxy) is 3. The Morgan fingerprint density at radius 1 is 1.09 bits per heavy atom. The quantitative estimate of drug-likeness (QED) is 0.581. The van der Waals surface area contributed by atoms with Gasteiger partial charge in [-0.3, -0.25) is 14.0 Å². The van der Waals surface area contributed by atoms with Crippen LogP contribution in [0.25, 0.3) is 0 Å². The fourth-order valence-electron chi connectivity index (χ4n) is 3.89. The zero-order valence-electron chi connectivity index (χ0n) is 18.5. The molecule has 2 aromatic carbocycles. The number of hydrogen-bond acceptors (Lipinski definition) is 7. The lowest BCUT2D eigenvalue weighted by Gasteiger charge is -2.36. The van der Waals surface area contributed by atoms with Crippen LogP contribution in [0.1, 0.15) is 5.56 Å². The monoisotopic (exact) mass is 495 g/mol. The van der Waals surface area contributed by atoms with E-state index in [2.05, 4.69) is 4.90 Å². The molecule has 0 spiro atoms. The number of anilines is 1. The smallest absolute Gasteiger partial charge is 0.243 e. The van der Waals surface area contributed by atoms with Gasteiger partial charge in [-0.05, 0) is 35.9 Å². The first-order valence-electron chi connectivity index (χ1n) is 10.4. The van der Waals surface area contributed by atoms with E-state index in [-0.39, 0.29) is 24.3 Å². The molecule has 0 radical (unpaired) electrons. The number of sulfonamides is 1. The first-order chi connectivity index (χ1) is 15.7. The van der Waals surface area contributed by atoms with Gasteiger partial charge in [0.05, 0.1) is 24.1 Å². The molecule has 2 aliphatic heterocycles. The van der Waals surface area contributed by atoms with Crippen molar-refractivity contribution >= 4 is 33.2 Å². The highest BCUT2D eigenvalue weighted by molar-refractivity contribution is 7.92. The van der Waals surface area contributed by atoms with Gasteiger partial charge in [-0.15, -0.1) is 0 Å². The molecule has 33 heavy (non-hydrogen) atoms. The number of nitrogens with zero attached hydrogens (tertiary/aromatic N) is 3. The predicted molar refractivity (Wildman–Crippen MR) is 125 cm³/mol. The third-order valence-electron chi connectivity index (χ3n) is 5.67. The molecule has 0 aliphatic carbocycles. The lowest BCUT2D eigenvalue weighted by atomic mass is 10.1. The van der Waals surface area contributed by atoms with Gasteiger partial charge in [0.25, 0.3) is 0 Å². The molecule has 2 aromatic rings. The molecule has 9 nitrogen and oxygen atoms in total. The largest absolute Gasteiger partial charge is 0.495 e. The Bertz CT molecular complexity index is 1130. The van der Waals surface area contributed by atoms with Gasteiger partial charge < -0.3 is 19.1 Å². The van der Waals surface area contributed by atoms with E-state index in [4.69, 9.17) is 25.8 Å². The maximum atomic E-state index is 12.9. The summed E-state index contributed by atoms with van der Waals surface area (Å²) >= 11 is 6.16. The molecule has 0 bridgehead atoms. The van der Waals surface area contributed by atoms with Gasteiger partial charge in [0.1, 0.15) is 12.3 Å². The third-order valence-corrected chi connectivity index (χ3v) is 7.11. The minimum absolute atomic E-state index is 0.243. The second-order valence-corrected chi connectivity index (χ2v) is 10.2. The van der Waals surface area contributed by atoms with Crippen LogP contribution in [-0.4, -0.2) is 77.0 Å². The average Bonchev–Trinajstić information content (AvgIpc) is 3.25. The molecule has 0 atom stereocenters. The number of carbonyl (C=O) groups excluding carboxylic acids is 1. The summed E-state index contributed by atoms with van der Waals surface area (Å²) in [6.07, 6.45) is 1.07. The zero-order chi connectivity index (χ0) is 23.6. The van der Waals surface area contributed by atoms with Crippen molar-refractivity contribution in [2.75, 3.05) is 57.2 Å². The van der Waals surface area contributed by atoms with E-state index < -0.39 is 10.0 Å². The van der Waals surface area contributed by atoms with Crippen LogP contribution in [0.15, 0.2) is 36.4 Å². The summed E-state index contributed by atoms with van der Waals surface area (Å²) in [6, 6.07) is 10.5. The van der Waals surface area contributed by atoms with Crippen molar-refractivity contribution in [3.63, 3.8) is 0 Å². The molecule has 0 aromatic heterocycles. The van der Waals surface area contributed by atoms with Gasteiger partial charge in [-0.25, -0.2) is 8.42 Å². The molecule has 1 fully saturated rings. The van der Waals surface area contributed by atoms with Crippen LogP contribution in [-0.2, 0) is 21.4 Å². The highest BCUT2D eigenvalue weighted by Gasteiger charge is 2.27. The molecule has 2 heterocycles. The highest BCUT2D eigenvalue weighted by atomic mass is 35.5. The topological polar surface area (TPSA) is 88.6 Å². The number of carbonyl (C=O) groups is 1. The van der Waals surface area contributed by atoms with E-state index in [0.717, 1.165) is 34.2 Å². The molecule has 2 aliphatic rings. The summed E-state index contributed by atoms with van der Waals surface area (Å²) in [6.45, 7) is 3.10. The van der Waals surface area contributed by atoms with Crippen molar-refractivity contribution in [2.24, 2.45) is 0 Å². The van der Waals surface area contributed by atoms with E-state index in [0.29, 0.717) is 37.6 Å². The summed E-state index contributed by atoms with van der Waals surface area (Å²) in [5.74, 6) is 1.68. The standard InChI is InChI=1S/C22H26ClN3O6S/c1-30-19-6-4-17(12-18(19)23)26(33(2,28)29)14-22(27)25-9-7-24(8-10-25)13-16-3-5-20-21(11-16)32-15-31-20/h3-6,11-12H,7-10,13-15H2,1-2H3. The predicted octanol–water partition coefficient (Wildman–Crippen LogP) is 2.19. The van der Waals surface area contributed by atoms with E-state index in [9.17, 15) is 13.2 Å². The average molecular weight is 496 g/mol. The number of hydrogen-bond donors (Lipinski definition) is 0. The number of fused-ring (bicyclic) bond motifs is 1. The molecule has 11 heteroatoms. The van der Waals surface area contributed by atoms with Crippen LogP contribution < -0.4 is 18.5 Å². The summed E-state index contributed by atoms with van der Waals surface area (Å²) in [5, 5.41) is 0.272. The van der Waals surface area contributed by atoms with Crippen molar-refractivity contribution in [3.05, 3.63) is 47.0 Å². The second kappa shape index (κ2) is 9.66. The van der Waals surface area contributed by atoms with Gasteiger partial charge in [-0.1, -0.05) is 17.7 Å². The Kier molecular flexibility index (Phi) is 6.87. The SMILES string of the molecule is COc1ccc(N(CC(=O)N2CCN(Cc3ccc4c(c3)OCO4)CC2)S(C)(=O)=O)cc1Cl. The second-order valence-electron chi connectivity index (χ2n) is 7.93. The van der Waals surface area contributed by atoms with Gasteiger partial charge >= 0.3 is 0 Å². The normalized spacial score (nSPS) is 16.0. The van der Waals surface area contributed by atoms with E-state index >= 15 is 0 Å². The van der Waals surface area contributed by atoms with Crippen molar-refractivity contribution in [2.45, 2.75) is 6.54 Å². The Morgan fingerprint density at radius 3 is 2.48 bits per heavy atom. The molecule has 178 valence electrons. The van der Waals surface area contributed by atoms with Gasteiger partial charge in [-0.2, -0.15) is 0 Å². The third kappa shape index (κ3) is 5.45. The van der Waals surface area contributed by atoms with Crippen molar-refractivity contribution in [1.82, 2.24) is 9.80 Å². The Labute approximate surface area is 198 Å². The lowest BCUT2D eigenvalue weighted by Crippen LogP contribution is -2.51. The van der Waals surface area contributed by atoms with Crippen LogP contribution in [0.2, 0.25) is 5.02 Å². The Morgan fingerprint density at radius 2 is 1.82 bits per heavy atom. The number of rotatable bonds is 7. The fraction of sp³-hybridized carbons (Fsp3) is 0.409. The summed E-state index contributed by atoms with van der Waals surface area (Å²) < 4.78 is 41.8. The summed E-state index contributed by atoms with van der Waals surface area (Å²) in [7, 11) is -2.21. The number of halogens is 1. The van der Waals surface area contributed by atoms with E-state index in [1.54, 1.807) is 17.0 Å². The molecule has 1 saturated heterocycles. The van der Waals surface area contributed by atoms with Crippen LogP contribution in [0.3, 0.4) is 0 Å². The molecule has 4 rings (SSSR count). The van der Waals surface area contributed by atoms with Crippen molar-refractivity contribution < 1.29 is 27.4 Å². The first-order valence-corrected chi connectivity index (χ1v) is 12.7. The van der Waals surface area contributed by atoms with E-state index in [1.165, 1.54) is 13.2 Å². The molecular formula is C22H26ClN3O6S. The van der Waals surface area contributed by atoms with Crippen LogP contribution in [0.5, 0.6) is 17.2 Å². The molecular weight excluding hydrogens is 470 g/mol. The van der Waals surface area contributed by atoms with Crippen LogP contribution >= 0.6 is 11.6 Å². The Hall–Kier alpha value is -2.69. The number of amides is 1. The highest BCUT2D eigenvalue weighted by Crippen LogP contribution is 2.33. The van der Waals surface area contributed by atoms with Crippen molar-refractivity contribution in [1.29, 1.82) is 0 Å². The molecule has 0 unspecified atom stereocenters. The Balaban J connectivity index is 1.36. The van der Waals surface area contributed by atoms with Crippen LogP contribution in [0, 0.1) is 0 Å². The fourth-order valence-corrected chi connectivity index (χ4v) is 4.98. The summed E-state index contributed by atoms with van der Waals surface area (Å²) in [5.41, 5.74) is 1.43. The van der Waals surface area contributed by atoms with Crippen LogP contribution in [0.4, 0.5) is 5.69 Å². The van der Waals surface area contributed by atoms with Crippen molar-refractivity contribution in [3.8, 4) is 17.2 Å². The summed E-state index contributed by atoms with van der Waals surface area (Å²) in [4.78, 5) is 16.9. The lowest BCUT2D eigenvalue weighted by molar-refractivity contribution is -0.131. The molecule has 1 amide bonds. The van der Waals surface area contributed by atoms with Gasteiger partial charge in [0.15, 0.2) is 11.5 Å². The minimum Gasteiger partial charge on any atom is -0.495 e. The molecule has 0 N–H and O–H groups in total. The molecule has 0 saturated carbocycles. The van der Waals surface area contributed by atoms with E-state index in [1.807, 2.05) is 18.2 Å². The zero-order valence-corrected chi connectivity index (χ0v) is 20.1. The van der Waals surface area contributed by atoms with Gasteiger partial charge in [0, 0.05) is 32.7 Å². The van der Waals surface area contributed by atoms with Gasteiger partial charge in [0.2, 0.25) is 22.7 Å². The number of benzene rings is 2. The maximum absolute atomic E-state index is 12.9. The number of piperazine rings is 1. The first kappa shape index (κ1) is 23.5. The maximum Gasteiger partial charge on any atom is 0.243 e.